The quantitative estimate of drug-likeness (QED) is 0.777. The van der Waals surface area contributed by atoms with Crippen molar-refractivity contribution in [3.05, 3.63) is 28.8 Å². The number of hydrogen-bond acceptors (Lipinski definition) is 4. The van der Waals surface area contributed by atoms with Crippen LogP contribution in [0.2, 0.25) is 0 Å². The van der Waals surface area contributed by atoms with Crippen molar-refractivity contribution < 1.29 is 10.2 Å². The molecule has 5 aliphatic rings. The summed E-state index contributed by atoms with van der Waals surface area (Å²) in [6, 6.07) is 4.74. The van der Waals surface area contributed by atoms with Crippen LogP contribution < -0.4 is 5.32 Å². The predicted octanol–water partition coefficient (Wildman–Crippen LogP) is 1.96. The Kier molecular flexibility index (Phi) is 3.08. The van der Waals surface area contributed by atoms with Crippen molar-refractivity contribution in [1.29, 1.82) is 0 Å². The molecule has 1 aromatic rings. The van der Waals surface area contributed by atoms with Gasteiger partial charge in [0, 0.05) is 24.0 Å². The van der Waals surface area contributed by atoms with Crippen molar-refractivity contribution in [2.45, 2.75) is 68.0 Å². The topological polar surface area (TPSA) is 55.7 Å². The summed E-state index contributed by atoms with van der Waals surface area (Å²) in [5.41, 5.74) is 3.08. The van der Waals surface area contributed by atoms with E-state index in [-0.39, 0.29) is 11.5 Å². The van der Waals surface area contributed by atoms with E-state index in [9.17, 15) is 10.2 Å². The van der Waals surface area contributed by atoms with Crippen molar-refractivity contribution in [3.63, 3.8) is 0 Å². The summed E-state index contributed by atoms with van der Waals surface area (Å²) in [5.74, 6) is 1.71. The van der Waals surface area contributed by atoms with E-state index in [0.717, 1.165) is 50.1 Å². The molecule has 5 atom stereocenters. The molecular formula is C22H30N2O2. The molecule has 140 valence electrons. The molecule has 1 aromatic carbocycles. The number of aromatic hydroxyl groups is 1. The van der Waals surface area contributed by atoms with E-state index in [0.29, 0.717) is 17.7 Å². The standard InChI is InChI=1S/C22H30N2O2/c1-23-17-6-7-22(26)19-10-14-4-5-18(25)15-11-16(17)21(22,20(14)15)8-9-24(19)12-13-2-3-13/h4-5,13,16-17,19,23,25-26H,2-3,6-12H2,1H3/t16-,17-,19+,21+,22+/m0/s1. The predicted molar refractivity (Wildman–Crippen MR) is 100 cm³/mol. The van der Waals surface area contributed by atoms with Crippen LogP contribution >= 0.6 is 0 Å². The average molecular weight is 354 g/mol. The number of likely N-dealkylation sites (tertiary alicyclic amines) is 1. The van der Waals surface area contributed by atoms with E-state index in [1.54, 1.807) is 0 Å². The molecule has 4 nitrogen and oxygen atoms in total. The zero-order chi connectivity index (χ0) is 17.7. The Morgan fingerprint density at radius 2 is 2.04 bits per heavy atom. The van der Waals surface area contributed by atoms with Gasteiger partial charge in [-0.3, -0.25) is 4.90 Å². The van der Waals surface area contributed by atoms with Gasteiger partial charge in [-0.05, 0) is 93.1 Å². The summed E-state index contributed by atoms with van der Waals surface area (Å²) in [6.07, 6.45) is 7.56. The molecule has 0 aromatic heterocycles. The van der Waals surface area contributed by atoms with Crippen LogP contribution in [0.3, 0.4) is 0 Å². The number of nitrogens with zero attached hydrogens (tertiary/aromatic N) is 1. The first-order chi connectivity index (χ1) is 12.6. The molecule has 1 saturated heterocycles. The lowest BCUT2D eigenvalue weighted by Gasteiger charge is -2.66. The molecule has 0 amide bonds. The Balaban J connectivity index is 1.55. The monoisotopic (exact) mass is 354 g/mol. The molecule has 1 heterocycles. The summed E-state index contributed by atoms with van der Waals surface area (Å²) in [7, 11) is 2.07. The van der Waals surface area contributed by atoms with Crippen LogP contribution in [0.5, 0.6) is 5.75 Å². The van der Waals surface area contributed by atoms with Gasteiger partial charge in [-0.15, -0.1) is 0 Å². The third kappa shape index (κ3) is 1.72. The molecule has 4 aliphatic carbocycles. The zero-order valence-corrected chi connectivity index (χ0v) is 15.7. The fourth-order valence-corrected chi connectivity index (χ4v) is 7.49. The SMILES string of the molecule is CN[C@H]1CC[C@@]2(O)[C@H]3Cc4ccc(O)c5c4[C@@]2(CCN3CC2CC2)[C@H]1C5. The molecule has 4 heteroatoms. The van der Waals surface area contributed by atoms with E-state index < -0.39 is 5.60 Å². The number of phenolic OH excluding ortho intramolecular Hbond substituents is 1. The zero-order valence-electron chi connectivity index (χ0n) is 15.7. The normalized spacial score (nSPS) is 43.4. The minimum Gasteiger partial charge on any atom is -0.508 e. The van der Waals surface area contributed by atoms with Gasteiger partial charge in [0.2, 0.25) is 0 Å². The van der Waals surface area contributed by atoms with Crippen molar-refractivity contribution >= 4 is 0 Å². The highest BCUT2D eigenvalue weighted by molar-refractivity contribution is 5.59. The molecule has 1 aliphatic heterocycles. The van der Waals surface area contributed by atoms with Crippen LogP contribution in [-0.2, 0) is 18.3 Å². The van der Waals surface area contributed by atoms with Crippen molar-refractivity contribution in [2.24, 2.45) is 11.8 Å². The Bertz CT molecular complexity index is 776. The van der Waals surface area contributed by atoms with Gasteiger partial charge in [0.1, 0.15) is 5.75 Å². The molecule has 1 spiro atoms. The Morgan fingerprint density at radius 1 is 1.19 bits per heavy atom. The number of piperidine rings is 1. The lowest BCUT2D eigenvalue weighted by atomic mass is 9.47. The van der Waals surface area contributed by atoms with Gasteiger partial charge >= 0.3 is 0 Å². The summed E-state index contributed by atoms with van der Waals surface area (Å²) < 4.78 is 0. The number of aliphatic hydroxyl groups is 1. The Hall–Kier alpha value is -1.10. The third-order valence-electron chi connectivity index (χ3n) is 8.73. The van der Waals surface area contributed by atoms with Gasteiger partial charge in [0.25, 0.3) is 0 Å². The van der Waals surface area contributed by atoms with Gasteiger partial charge in [-0.1, -0.05) is 6.07 Å². The van der Waals surface area contributed by atoms with E-state index in [4.69, 9.17) is 0 Å². The molecule has 3 N–H and O–H groups in total. The highest BCUT2D eigenvalue weighted by atomic mass is 16.3. The first-order valence-corrected chi connectivity index (χ1v) is 10.6. The largest absolute Gasteiger partial charge is 0.508 e. The summed E-state index contributed by atoms with van der Waals surface area (Å²) >= 11 is 0. The molecule has 0 radical (unpaired) electrons. The molecular weight excluding hydrogens is 324 g/mol. The van der Waals surface area contributed by atoms with E-state index in [1.165, 1.54) is 30.5 Å². The molecule has 26 heavy (non-hydrogen) atoms. The molecule has 6 rings (SSSR count). The lowest BCUT2D eigenvalue weighted by Crippen LogP contribution is -2.76. The van der Waals surface area contributed by atoms with Gasteiger partial charge in [0.05, 0.1) is 5.60 Å². The maximum Gasteiger partial charge on any atom is 0.119 e. The molecule has 2 saturated carbocycles. The highest BCUT2D eigenvalue weighted by Gasteiger charge is 2.70. The van der Waals surface area contributed by atoms with Gasteiger partial charge in [-0.2, -0.15) is 0 Å². The first kappa shape index (κ1) is 15.9. The highest BCUT2D eigenvalue weighted by Crippen LogP contribution is 2.65. The van der Waals surface area contributed by atoms with Crippen LogP contribution in [0.4, 0.5) is 0 Å². The maximum absolute atomic E-state index is 12.3. The fourth-order valence-electron chi connectivity index (χ4n) is 7.49. The van der Waals surface area contributed by atoms with Crippen LogP contribution in [0.1, 0.15) is 48.8 Å². The number of hydrogen-bond donors (Lipinski definition) is 3. The third-order valence-corrected chi connectivity index (χ3v) is 8.73. The second-order valence-electron chi connectivity index (χ2n) is 9.65. The van der Waals surface area contributed by atoms with E-state index >= 15 is 0 Å². The summed E-state index contributed by atoms with van der Waals surface area (Å²) in [4.78, 5) is 2.63. The smallest absolute Gasteiger partial charge is 0.119 e. The minimum absolute atomic E-state index is 0.161. The summed E-state index contributed by atoms with van der Waals surface area (Å²) in [6.45, 7) is 2.27. The second kappa shape index (κ2) is 5.03. The Morgan fingerprint density at radius 3 is 2.81 bits per heavy atom. The number of nitrogens with one attached hydrogen (secondary N) is 1. The summed E-state index contributed by atoms with van der Waals surface area (Å²) in [5, 5.41) is 26.4. The van der Waals surface area contributed by atoms with Crippen LogP contribution in [0.15, 0.2) is 12.1 Å². The fraction of sp³-hybridized carbons (Fsp3) is 0.727. The van der Waals surface area contributed by atoms with Crippen molar-refractivity contribution in [2.75, 3.05) is 20.1 Å². The van der Waals surface area contributed by atoms with Crippen LogP contribution in [0.25, 0.3) is 0 Å². The number of phenols is 1. The molecule has 2 bridgehead atoms. The minimum atomic E-state index is -0.635. The molecule has 3 fully saturated rings. The van der Waals surface area contributed by atoms with Gasteiger partial charge in [0.15, 0.2) is 0 Å². The number of rotatable bonds is 3. The lowest BCUT2D eigenvalue weighted by molar-refractivity contribution is -0.186. The molecule has 0 unspecified atom stereocenters. The average Bonchev–Trinajstić information content (AvgIpc) is 3.37. The first-order valence-electron chi connectivity index (χ1n) is 10.6. The van der Waals surface area contributed by atoms with Gasteiger partial charge in [-0.25, -0.2) is 0 Å². The van der Waals surface area contributed by atoms with Crippen molar-refractivity contribution in [1.82, 2.24) is 10.2 Å². The van der Waals surface area contributed by atoms with E-state index in [1.807, 2.05) is 6.07 Å². The van der Waals surface area contributed by atoms with Crippen LogP contribution in [0, 0.1) is 11.8 Å². The van der Waals surface area contributed by atoms with Gasteiger partial charge < -0.3 is 15.5 Å². The van der Waals surface area contributed by atoms with Crippen LogP contribution in [-0.4, -0.2) is 52.9 Å². The van der Waals surface area contributed by atoms with E-state index in [2.05, 4.69) is 23.3 Å². The number of benzene rings is 1. The Labute approximate surface area is 155 Å². The second-order valence-corrected chi connectivity index (χ2v) is 9.65. The maximum atomic E-state index is 12.3. The van der Waals surface area contributed by atoms with Crippen molar-refractivity contribution in [3.8, 4) is 5.75 Å².